The van der Waals surface area contributed by atoms with Crippen molar-refractivity contribution in [3.8, 4) is 0 Å². The maximum Gasteiger partial charge on any atom is 0.229 e. The third-order valence-electron chi connectivity index (χ3n) is 4.89. The van der Waals surface area contributed by atoms with Crippen molar-refractivity contribution in [1.29, 1.82) is 0 Å². The summed E-state index contributed by atoms with van der Waals surface area (Å²) in [5.41, 5.74) is 6.31. The Hall–Kier alpha value is -2.56. The van der Waals surface area contributed by atoms with Gasteiger partial charge in [0.05, 0.1) is 38.7 Å². The second-order valence-electron chi connectivity index (χ2n) is 7.40. The van der Waals surface area contributed by atoms with Gasteiger partial charge < -0.3 is 31.2 Å². The fourth-order valence-corrected chi connectivity index (χ4v) is 3.34. The molecule has 0 unspecified atom stereocenters. The summed E-state index contributed by atoms with van der Waals surface area (Å²) >= 11 is 0. The van der Waals surface area contributed by atoms with Crippen LogP contribution in [0.15, 0.2) is 24.4 Å². The fourth-order valence-electron chi connectivity index (χ4n) is 3.34. The van der Waals surface area contributed by atoms with Gasteiger partial charge in [-0.05, 0) is 25.0 Å². The van der Waals surface area contributed by atoms with E-state index in [4.69, 9.17) is 15.2 Å². The third-order valence-corrected chi connectivity index (χ3v) is 4.89. The predicted molar refractivity (Wildman–Crippen MR) is 121 cm³/mol. The molecule has 3 rings (SSSR count). The molecule has 170 valence electrons. The van der Waals surface area contributed by atoms with Crippen LogP contribution in [0.1, 0.15) is 37.8 Å². The number of pyridine rings is 1. The standard InChI is InChI=1S/C21H34N8O2/c22-9-12-30-14-15-31-13-11-24-19-27-20(25-16-18-8-4-5-10-23-18)29-21(28-19)26-17-6-2-1-3-7-17/h4-5,8,10,17H,1-3,6-7,9,11-16,22H2,(H3,24,25,26,27,28,29). The average Bonchev–Trinajstić information content (AvgIpc) is 2.81. The van der Waals surface area contributed by atoms with Gasteiger partial charge in [0.25, 0.3) is 0 Å². The average molecular weight is 431 g/mol. The highest BCUT2D eigenvalue weighted by molar-refractivity contribution is 5.42. The quantitative estimate of drug-likeness (QED) is 0.330. The lowest BCUT2D eigenvalue weighted by molar-refractivity contribution is 0.0547. The molecule has 0 aliphatic heterocycles. The molecule has 10 heteroatoms. The Labute approximate surface area is 183 Å². The van der Waals surface area contributed by atoms with Crippen molar-refractivity contribution >= 4 is 17.8 Å². The molecule has 2 aromatic heterocycles. The molecule has 1 aliphatic rings. The molecule has 10 nitrogen and oxygen atoms in total. The van der Waals surface area contributed by atoms with Gasteiger partial charge in [0.1, 0.15) is 0 Å². The molecule has 5 N–H and O–H groups in total. The van der Waals surface area contributed by atoms with Gasteiger partial charge in [-0.3, -0.25) is 4.98 Å². The second kappa shape index (κ2) is 13.7. The van der Waals surface area contributed by atoms with Crippen LogP contribution in [-0.4, -0.2) is 65.5 Å². The van der Waals surface area contributed by atoms with Crippen molar-refractivity contribution in [2.24, 2.45) is 5.73 Å². The lowest BCUT2D eigenvalue weighted by Gasteiger charge is -2.23. The van der Waals surface area contributed by atoms with E-state index in [1.807, 2.05) is 18.2 Å². The smallest absolute Gasteiger partial charge is 0.229 e. The van der Waals surface area contributed by atoms with Gasteiger partial charge in [0.15, 0.2) is 0 Å². The van der Waals surface area contributed by atoms with E-state index in [0.29, 0.717) is 69.9 Å². The number of hydrogen-bond acceptors (Lipinski definition) is 10. The number of nitrogens with zero attached hydrogens (tertiary/aromatic N) is 4. The number of ether oxygens (including phenoxy) is 2. The lowest BCUT2D eigenvalue weighted by Crippen LogP contribution is -2.24. The van der Waals surface area contributed by atoms with Crippen molar-refractivity contribution in [2.45, 2.75) is 44.7 Å². The van der Waals surface area contributed by atoms with E-state index in [1.165, 1.54) is 19.3 Å². The Morgan fingerprint density at radius 3 is 2.35 bits per heavy atom. The first kappa shape index (κ1) is 23.1. The summed E-state index contributed by atoms with van der Waals surface area (Å²) in [7, 11) is 0. The largest absolute Gasteiger partial charge is 0.378 e. The number of hydrogen-bond donors (Lipinski definition) is 4. The van der Waals surface area contributed by atoms with E-state index in [-0.39, 0.29) is 0 Å². The van der Waals surface area contributed by atoms with Gasteiger partial charge >= 0.3 is 0 Å². The van der Waals surface area contributed by atoms with Gasteiger partial charge in [0.2, 0.25) is 17.8 Å². The van der Waals surface area contributed by atoms with Crippen molar-refractivity contribution in [2.75, 3.05) is 55.5 Å². The summed E-state index contributed by atoms with van der Waals surface area (Å²) < 4.78 is 10.8. The highest BCUT2D eigenvalue weighted by atomic mass is 16.5. The van der Waals surface area contributed by atoms with Crippen LogP contribution in [0.4, 0.5) is 17.8 Å². The predicted octanol–water partition coefficient (Wildman–Crippen LogP) is 2.03. The highest BCUT2D eigenvalue weighted by Gasteiger charge is 2.15. The van der Waals surface area contributed by atoms with Crippen LogP contribution >= 0.6 is 0 Å². The molecule has 0 aromatic carbocycles. The second-order valence-corrected chi connectivity index (χ2v) is 7.40. The van der Waals surface area contributed by atoms with Gasteiger partial charge in [-0.25, -0.2) is 0 Å². The van der Waals surface area contributed by atoms with E-state index in [9.17, 15) is 0 Å². The van der Waals surface area contributed by atoms with Crippen LogP contribution in [-0.2, 0) is 16.0 Å². The molecule has 1 aliphatic carbocycles. The number of rotatable bonds is 14. The minimum absolute atomic E-state index is 0.407. The summed E-state index contributed by atoms with van der Waals surface area (Å²) in [6, 6.07) is 6.22. The van der Waals surface area contributed by atoms with Gasteiger partial charge in [-0.15, -0.1) is 0 Å². The number of anilines is 3. The van der Waals surface area contributed by atoms with Crippen LogP contribution in [0.2, 0.25) is 0 Å². The first-order chi connectivity index (χ1) is 15.3. The maximum atomic E-state index is 5.55. The molecule has 0 bridgehead atoms. The Morgan fingerprint density at radius 2 is 1.61 bits per heavy atom. The molecule has 1 saturated carbocycles. The minimum atomic E-state index is 0.407. The van der Waals surface area contributed by atoms with Crippen LogP contribution < -0.4 is 21.7 Å². The molecular weight excluding hydrogens is 396 g/mol. The molecule has 2 aromatic rings. The molecule has 1 fully saturated rings. The Balaban J connectivity index is 1.53. The third kappa shape index (κ3) is 8.99. The zero-order valence-electron chi connectivity index (χ0n) is 18.1. The Morgan fingerprint density at radius 1 is 0.871 bits per heavy atom. The van der Waals surface area contributed by atoms with Crippen LogP contribution in [0.25, 0.3) is 0 Å². The molecule has 31 heavy (non-hydrogen) atoms. The molecule has 0 radical (unpaired) electrons. The van der Waals surface area contributed by atoms with Crippen molar-refractivity contribution in [3.63, 3.8) is 0 Å². The normalized spacial score (nSPS) is 14.4. The van der Waals surface area contributed by atoms with Gasteiger partial charge in [0, 0.05) is 25.3 Å². The summed E-state index contributed by atoms with van der Waals surface area (Å²) in [4.78, 5) is 17.9. The maximum absolute atomic E-state index is 5.55. The molecular formula is C21H34N8O2. The first-order valence-electron chi connectivity index (χ1n) is 11.1. The zero-order valence-corrected chi connectivity index (χ0v) is 18.1. The van der Waals surface area contributed by atoms with E-state index < -0.39 is 0 Å². The minimum Gasteiger partial charge on any atom is -0.378 e. The van der Waals surface area contributed by atoms with E-state index in [0.717, 1.165) is 18.5 Å². The van der Waals surface area contributed by atoms with E-state index >= 15 is 0 Å². The van der Waals surface area contributed by atoms with E-state index in [2.05, 4.69) is 35.9 Å². The van der Waals surface area contributed by atoms with Crippen LogP contribution in [0.3, 0.4) is 0 Å². The monoisotopic (exact) mass is 430 g/mol. The van der Waals surface area contributed by atoms with Crippen molar-refractivity contribution < 1.29 is 9.47 Å². The van der Waals surface area contributed by atoms with E-state index in [1.54, 1.807) is 6.20 Å². The molecule has 0 amide bonds. The number of nitrogens with one attached hydrogen (secondary N) is 3. The number of nitrogens with two attached hydrogens (primary N) is 1. The fraction of sp³-hybridized carbons (Fsp3) is 0.619. The van der Waals surface area contributed by atoms with Gasteiger partial charge in [-0.1, -0.05) is 25.3 Å². The highest BCUT2D eigenvalue weighted by Crippen LogP contribution is 2.21. The Bertz CT molecular complexity index is 743. The summed E-state index contributed by atoms with van der Waals surface area (Å²) in [5.74, 6) is 1.61. The SMILES string of the molecule is NCCOCCOCCNc1nc(NCc2ccccn2)nc(NC2CCCCC2)n1. The topological polar surface area (TPSA) is 132 Å². The lowest BCUT2D eigenvalue weighted by atomic mass is 9.96. The molecule has 0 atom stereocenters. The first-order valence-corrected chi connectivity index (χ1v) is 11.1. The van der Waals surface area contributed by atoms with Crippen molar-refractivity contribution in [3.05, 3.63) is 30.1 Å². The molecule has 0 saturated heterocycles. The van der Waals surface area contributed by atoms with Crippen LogP contribution in [0.5, 0.6) is 0 Å². The Kier molecular flexibility index (Phi) is 10.2. The van der Waals surface area contributed by atoms with Crippen molar-refractivity contribution in [1.82, 2.24) is 19.9 Å². The summed E-state index contributed by atoms with van der Waals surface area (Å²) in [6.07, 6.45) is 7.84. The van der Waals surface area contributed by atoms with Crippen LogP contribution in [0, 0.1) is 0 Å². The summed E-state index contributed by atoms with van der Waals surface area (Å²) in [6.45, 7) is 3.80. The molecule has 0 spiro atoms. The summed E-state index contributed by atoms with van der Waals surface area (Å²) in [5, 5.41) is 9.94. The molecule has 2 heterocycles. The zero-order chi connectivity index (χ0) is 21.6. The van der Waals surface area contributed by atoms with Gasteiger partial charge in [-0.2, -0.15) is 15.0 Å². The number of aromatic nitrogens is 4.